The summed E-state index contributed by atoms with van der Waals surface area (Å²) >= 11 is 1.26. The standard InChI is InChI=1S/C22H26N6O3S/c1-2-23-20(30)16-9-6-10-27(12-16)22-26-19-18(32-22)21(31)28(14-25-19)13-17(29)24-11-15-7-4-3-5-8-15/h3-5,7-8,14,16H,2,6,9-13H2,1H3,(H,23,30)(H,24,29)/t16-/m0/s1. The predicted molar refractivity (Wildman–Crippen MR) is 124 cm³/mol. The van der Waals surface area contributed by atoms with Gasteiger partial charge >= 0.3 is 0 Å². The van der Waals surface area contributed by atoms with Crippen molar-refractivity contribution in [1.29, 1.82) is 0 Å². The highest BCUT2D eigenvalue weighted by Gasteiger charge is 2.27. The van der Waals surface area contributed by atoms with Crippen molar-refractivity contribution < 1.29 is 9.59 Å². The molecule has 3 heterocycles. The normalized spacial score (nSPS) is 16.2. The summed E-state index contributed by atoms with van der Waals surface area (Å²) in [6.07, 6.45) is 3.09. The Morgan fingerprint density at radius 3 is 2.81 bits per heavy atom. The number of carbonyl (C=O) groups excluding carboxylic acids is 2. The molecule has 2 aromatic heterocycles. The molecule has 0 unspecified atom stereocenters. The van der Waals surface area contributed by atoms with Crippen molar-refractivity contribution in [3.05, 3.63) is 52.6 Å². The van der Waals surface area contributed by atoms with E-state index in [0.29, 0.717) is 35.1 Å². The van der Waals surface area contributed by atoms with E-state index < -0.39 is 0 Å². The van der Waals surface area contributed by atoms with E-state index in [0.717, 1.165) is 24.9 Å². The molecule has 1 aliphatic heterocycles. The lowest BCUT2D eigenvalue weighted by Gasteiger charge is -2.31. The van der Waals surface area contributed by atoms with Crippen LogP contribution in [0.3, 0.4) is 0 Å². The van der Waals surface area contributed by atoms with Crippen LogP contribution in [0.15, 0.2) is 41.5 Å². The smallest absolute Gasteiger partial charge is 0.273 e. The van der Waals surface area contributed by atoms with Crippen LogP contribution >= 0.6 is 11.3 Å². The van der Waals surface area contributed by atoms with Gasteiger partial charge in [0.25, 0.3) is 5.56 Å². The van der Waals surface area contributed by atoms with E-state index in [1.165, 1.54) is 22.2 Å². The first-order chi connectivity index (χ1) is 15.5. The fourth-order valence-corrected chi connectivity index (χ4v) is 4.78. The summed E-state index contributed by atoms with van der Waals surface area (Å²) in [6.45, 7) is 4.17. The van der Waals surface area contributed by atoms with Crippen molar-refractivity contribution in [1.82, 2.24) is 25.2 Å². The lowest BCUT2D eigenvalue weighted by molar-refractivity contribution is -0.125. The maximum Gasteiger partial charge on any atom is 0.273 e. The summed E-state index contributed by atoms with van der Waals surface area (Å²) in [6, 6.07) is 9.59. The van der Waals surface area contributed by atoms with Gasteiger partial charge in [-0.3, -0.25) is 19.0 Å². The summed E-state index contributed by atoms with van der Waals surface area (Å²) in [5.41, 5.74) is 1.07. The third-order valence-electron chi connectivity index (χ3n) is 5.43. The molecule has 1 saturated heterocycles. The van der Waals surface area contributed by atoms with Crippen LogP contribution in [0.1, 0.15) is 25.3 Å². The fourth-order valence-electron chi connectivity index (χ4n) is 3.77. The highest BCUT2D eigenvalue weighted by molar-refractivity contribution is 7.22. The zero-order valence-corrected chi connectivity index (χ0v) is 18.7. The van der Waals surface area contributed by atoms with Gasteiger partial charge in [0, 0.05) is 26.2 Å². The molecular formula is C22H26N6O3S. The molecule has 0 radical (unpaired) electrons. The zero-order valence-electron chi connectivity index (χ0n) is 17.9. The molecule has 10 heteroatoms. The summed E-state index contributed by atoms with van der Waals surface area (Å²) in [5.74, 6) is -0.295. The molecule has 0 aliphatic carbocycles. The number of amides is 2. The lowest BCUT2D eigenvalue weighted by atomic mass is 9.97. The van der Waals surface area contributed by atoms with Crippen LogP contribution in [0, 0.1) is 5.92 Å². The molecule has 0 saturated carbocycles. The van der Waals surface area contributed by atoms with Gasteiger partial charge in [-0.25, -0.2) is 4.98 Å². The Kier molecular flexibility index (Phi) is 6.79. The number of rotatable bonds is 7. The molecule has 2 amide bonds. The summed E-state index contributed by atoms with van der Waals surface area (Å²) < 4.78 is 1.72. The minimum atomic E-state index is -0.286. The number of anilines is 1. The Morgan fingerprint density at radius 2 is 2.03 bits per heavy atom. The van der Waals surface area contributed by atoms with Crippen molar-refractivity contribution in [3.8, 4) is 0 Å². The molecule has 1 aliphatic rings. The molecule has 32 heavy (non-hydrogen) atoms. The topological polar surface area (TPSA) is 109 Å². The van der Waals surface area contributed by atoms with E-state index in [2.05, 4.69) is 20.6 Å². The van der Waals surface area contributed by atoms with Crippen LogP contribution in [0.2, 0.25) is 0 Å². The van der Waals surface area contributed by atoms with Gasteiger partial charge in [0.2, 0.25) is 11.8 Å². The number of nitrogens with zero attached hydrogens (tertiary/aromatic N) is 4. The third-order valence-corrected chi connectivity index (χ3v) is 6.53. The number of aromatic nitrogens is 3. The monoisotopic (exact) mass is 454 g/mol. The number of fused-ring (bicyclic) bond motifs is 1. The Hall–Kier alpha value is -3.27. The van der Waals surface area contributed by atoms with Gasteiger partial charge in [0.15, 0.2) is 10.8 Å². The minimum absolute atomic E-state index is 0.0558. The van der Waals surface area contributed by atoms with Crippen molar-refractivity contribution in [3.63, 3.8) is 0 Å². The van der Waals surface area contributed by atoms with Crippen LogP contribution in [0.5, 0.6) is 0 Å². The van der Waals surface area contributed by atoms with E-state index in [1.54, 1.807) is 0 Å². The Balaban J connectivity index is 1.46. The maximum absolute atomic E-state index is 12.9. The van der Waals surface area contributed by atoms with Gasteiger partial charge in [0.05, 0.1) is 5.92 Å². The number of thiazole rings is 1. The van der Waals surface area contributed by atoms with Gasteiger partial charge in [0.1, 0.15) is 17.6 Å². The van der Waals surface area contributed by atoms with Crippen molar-refractivity contribution >= 4 is 38.6 Å². The summed E-state index contributed by atoms with van der Waals surface area (Å²) in [7, 11) is 0. The number of piperidine rings is 1. The second-order valence-electron chi connectivity index (χ2n) is 7.77. The highest BCUT2D eigenvalue weighted by Crippen LogP contribution is 2.29. The number of hydrogen-bond acceptors (Lipinski definition) is 7. The van der Waals surface area contributed by atoms with Gasteiger partial charge in [-0.15, -0.1) is 0 Å². The number of hydrogen-bond donors (Lipinski definition) is 2. The number of benzene rings is 1. The molecule has 168 valence electrons. The van der Waals surface area contributed by atoms with Crippen molar-refractivity contribution in [2.45, 2.75) is 32.9 Å². The van der Waals surface area contributed by atoms with E-state index in [1.807, 2.05) is 42.2 Å². The first kappa shape index (κ1) is 21.9. The largest absolute Gasteiger partial charge is 0.356 e. The Bertz CT molecular complexity index is 1160. The molecule has 0 spiro atoms. The highest BCUT2D eigenvalue weighted by atomic mass is 32.1. The lowest BCUT2D eigenvalue weighted by Crippen LogP contribution is -2.43. The molecule has 2 N–H and O–H groups in total. The van der Waals surface area contributed by atoms with Gasteiger partial charge in [-0.2, -0.15) is 4.98 Å². The average molecular weight is 455 g/mol. The second kappa shape index (κ2) is 9.90. The predicted octanol–water partition coefficient (Wildman–Crippen LogP) is 1.52. The first-order valence-electron chi connectivity index (χ1n) is 10.7. The van der Waals surface area contributed by atoms with Crippen LogP contribution in [0.25, 0.3) is 10.3 Å². The van der Waals surface area contributed by atoms with Gasteiger partial charge in [-0.1, -0.05) is 41.7 Å². The Labute approximate surface area is 189 Å². The first-order valence-corrected chi connectivity index (χ1v) is 11.6. The zero-order chi connectivity index (χ0) is 22.5. The van der Waals surface area contributed by atoms with Gasteiger partial charge < -0.3 is 15.5 Å². The average Bonchev–Trinajstić information content (AvgIpc) is 3.26. The van der Waals surface area contributed by atoms with Crippen LogP contribution in [-0.4, -0.2) is 46.0 Å². The fraction of sp³-hybridized carbons (Fsp3) is 0.409. The number of nitrogens with one attached hydrogen (secondary N) is 2. The van der Waals surface area contributed by atoms with E-state index >= 15 is 0 Å². The van der Waals surface area contributed by atoms with Crippen LogP contribution in [0.4, 0.5) is 5.13 Å². The van der Waals surface area contributed by atoms with Crippen LogP contribution < -0.4 is 21.1 Å². The second-order valence-corrected chi connectivity index (χ2v) is 8.75. The molecule has 1 fully saturated rings. The van der Waals surface area contributed by atoms with Crippen molar-refractivity contribution in [2.24, 2.45) is 5.92 Å². The Morgan fingerprint density at radius 1 is 1.22 bits per heavy atom. The molecular weight excluding hydrogens is 428 g/mol. The molecule has 3 aromatic rings. The number of carbonyl (C=O) groups is 2. The minimum Gasteiger partial charge on any atom is -0.356 e. The SMILES string of the molecule is CCNC(=O)[C@H]1CCCN(c2nc3ncn(CC(=O)NCc4ccccc4)c(=O)c3s2)C1. The van der Waals surface area contributed by atoms with Gasteiger partial charge in [-0.05, 0) is 25.3 Å². The van der Waals surface area contributed by atoms with Crippen molar-refractivity contribution in [2.75, 3.05) is 24.5 Å². The molecule has 9 nitrogen and oxygen atoms in total. The van der Waals surface area contributed by atoms with Crippen LogP contribution in [-0.2, 0) is 22.7 Å². The molecule has 1 atom stereocenters. The molecule has 1 aromatic carbocycles. The molecule has 0 bridgehead atoms. The third kappa shape index (κ3) is 4.96. The quantitative estimate of drug-likeness (QED) is 0.560. The van der Waals surface area contributed by atoms with E-state index in [9.17, 15) is 14.4 Å². The van der Waals surface area contributed by atoms with E-state index in [-0.39, 0.29) is 29.8 Å². The summed E-state index contributed by atoms with van der Waals surface area (Å²) in [5, 5.41) is 6.39. The summed E-state index contributed by atoms with van der Waals surface area (Å²) in [4.78, 5) is 48.3. The maximum atomic E-state index is 12.9. The molecule has 4 rings (SSSR count). The van der Waals surface area contributed by atoms with E-state index in [4.69, 9.17) is 0 Å².